The Balaban J connectivity index is 1.82. The molecule has 0 N–H and O–H groups in total. The number of likely N-dealkylation sites (tertiary alicyclic amines) is 1. The van der Waals surface area contributed by atoms with E-state index in [0.29, 0.717) is 0 Å². The minimum Gasteiger partial charge on any atom is -0.300 e. The fraction of sp³-hybridized carbons (Fsp3) is 0.500. The fourth-order valence-corrected chi connectivity index (χ4v) is 3.70. The second-order valence-electron chi connectivity index (χ2n) is 6.20. The van der Waals surface area contributed by atoms with E-state index in [9.17, 15) is 0 Å². The molecule has 0 bridgehead atoms. The van der Waals surface area contributed by atoms with Gasteiger partial charge in [-0.25, -0.2) is 0 Å². The van der Waals surface area contributed by atoms with Crippen LogP contribution in [0.4, 0.5) is 0 Å². The number of nitrogens with zero attached hydrogens (tertiary/aromatic N) is 5. The van der Waals surface area contributed by atoms with Crippen LogP contribution in [-0.2, 0) is 13.1 Å². The van der Waals surface area contributed by atoms with Crippen LogP contribution in [-0.4, -0.2) is 38.0 Å². The van der Waals surface area contributed by atoms with Crippen molar-refractivity contribution < 1.29 is 0 Å². The lowest BCUT2D eigenvalue weighted by Crippen LogP contribution is -2.30. The Bertz CT molecular complexity index is 685. The highest BCUT2D eigenvalue weighted by Gasteiger charge is 2.19. The summed E-state index contributed by atoms with van der Waals surface area (Å²) in [6.45, 7) is 5.75. The quantitative estimate of drug-likeness (QED) is 0.755. The molecular formula is C18H23N5S. The molecule has 126 valence electrons. The smallest absolute Gasteiger partial charge is 0.192 e. The first-order valence-corrected chi connectivity index (χ1v) is 9.39. The molecule has 1 aliphatic heterocycles. The molecule has 1 fully saturated rings. The van der Waals surface area contributed by atoms with Crippen LogP contribution in [0, 0.1) is 11.3 Å². The predicted octanol–water partition coefficient (Wildman–Crippen LogP) is 3.32. The van der Waals surface area contributed by atoms with Crippen LogP contribution in [0.2, 0.25) is 0 Å². The van der Waals surface area contributed by atoms with Gasteiger partial charge in [0, 0.05) is 0 Å². The summed E-state index contributed by atoms with van der Waals surface area (Å²) in [6.07, 6.45) is 3.85. The Morgan fingerprint density at radius 3 is 2.58 bits per heavy atom. The molecule has 24 heavy (non-hydrogen) atoms. The van der Waals surface area contributed by atoms with Gasteiger partial charge in [-0.1, -0.05) is 48.5 Å². The number of hydrogen-bond acceptors (Lipinski definition) is 5. The standard InChI is InChI=1S/C18H23N5S/c1-15(12-19)24-18-21-20-17(14-22-10-6-3-7-11-22)23(18)13-16-8-4-2-5-9-16/h2,4-5,8-9,15H,3,6-7,10-11,13-14H2,1H3. The summed E-state index contributed by atoms with van der Waals surface area (Å²) >= 11 is 1.48. The van der Waals surface area contributed by atoms with Gasteiger partial charge in [0.2, 0.25) is 0 Å². The van der Waals surface area contributed by atoms with Crippen molar-refractivity contribution in [2.75, 3.05) is 13.1 Å². The largest absolute Gasteiger partial charge is 0.300 e. The molecule has 1 atom stereocenters. The first-order valence-electron chi connectivity index (χ1n) is 8.51. The lowest BCUT2D eigenvalue weighted by Gasteiger charge is -2.26. The van der Waals surface area contributed by atoms with Crippen LogP contribution < -0.4 is 0 Å². The van der Waals surface area contributed by atoms with E-state index in [1.165, 1.54) is 36.6 Å². The second-order valence-corrected chi connectivity index (χ2v) is 7.50. The lowest BCUT2D eigenvalue weighted by molar-refractivity contribution is 0.213. The van der Waals surface area contributed by atoms with Gasteiger partial charge in [0.15, 0.2) is 5.16 Å². The van der Waals surface area contributed by atoms with E-state index in [1.807, 2.05) is 13.0 Å². The molecule has 2 aromatic rings. The predicted molar refractivity (Wildman–Crippen MR) is 95.6 cm³/mol. The van der Waals surface area contributed by atoms with Gasteiger partial charge in [0.25, 0.3) is 0 Å². The van der Waals surface area contributed by atoms with E-state index in [4.69, 9.17) is 5.26 Å². The Morgan fingerprint density at radius 1 is 1.12 bits per heavy atom. The van der Waals surface area contributed by atoms with Gasteiger partial charge in [0.1, 0.15) is 5.82 Å². The summed E-state index contributed by atoms with van der Waals surface area (Å²) in [5.41, 5.74) is 1.23. The zero-order valence-corrected chi connectivity index (χ0v) is 14.9. The molecule has 1 aliphatic rings. The second kappa shape index (κ2) is 8.32. The van der Waals surface area contributed by atoms with E-state index in [2.05, 4.69) is 50.0 Å². The minimum atomic E-state index is -0.133. The number of nitriles is 1. The van der Waals surface area contributed by atoms with Gasteiger partial charge in [-0.3, -0.25) is 4.90 Å². The monoisotopic (exact) mass is 341 g/mol. The third-order valence-corrected chi connectivity index (χ3v) is 5.23. The molecule has 0 saturated carbocycles. The van der Waals surface area contributed by atoms with Gasteiger partial charge in [-0.2, -0.15) is 5.26 Å². The number of rotatable bonds is 6. The summed E-state index contributed by atoms with van der Waals surface area (Å²) in [5.74, 6) is 0.994. The zero-order chi connectivity index (χ0) is 16.8. The van der Waals surface area contributed by atoms with E-state index in [0.717, 1.165) is 37.2 Å². The molecular weight excluding hydrogens is 318 g/mol. The van der Waals surface area contributed by atoms with E-state index in [-0.39, 0.29) is 5.25 Å². The molecule has 0 spiro atoms. The van der Waals surface area contributed by atoms with Gasteiger partial charge < -0.3 is 4.57 Å². The van der Waals surface area contributed by atoms with Crippen molar-refractivity contribution in [3.8, 4) is 6.07 Å². The van der Waals surface area contributed by atoms with Gasteiger partial charge in [0.05, 0.1) is 24.4 Å². The summed E-state index contributed by atoms with van der Waals surface area (Å²) in [4.78, 5) is 2.46. The molecule has 1 unspecified atom stereocenters. The van der Waals surface area contributed by atoms with Crippen LogP contribution in [0.15, 0.2) is 35.5 Å². The Kier molecular flexibility index (Phi) is 5.89. The van der Waals surface area contributed by atoms with Gasteiger partial charge in [-0.15, -0.1) is 10.2 Å². The summed E-state index contributed by atoms with van der Waals surface area (Å²) in [7, 11) is 0. The summed E-state index contributed by atoms with van der Waals surface area (Å²) in [6, 6.07) is 12.6. The molecule has 2 heterocycles. The van der Waals surface area contributed by atoms with Crippen molar-refractivity contribution in [1.29, 1.82) is 5.26 Å². The molecule has 3 rings (SSSR count). The van der Waals surface area contributed by atoms with Crippen LogP contribution in [0.25, 0.3) is 0 Å². The van der Waals surface area contributed by atoms with E-state index >= 15 is 0 Å². The first-order chi connectivity index (χ1) is 11.8. The van der Waals surface area contributed by atoms with Crippen LogP contribution in [0.3, 0.4) is 0 Å². The minimum absolute atomic E-state index is 0.133. The number of benzene rings is 1. The third kappa shape index (κ3) is 4.37. The highest BCUT2D eigenvalue weighted by Crippen LogP contribution is 2.24. The SMILES string of the molecule is CC(C#N)Sc1nnc(CN2CCCCC2)n1Cc1ccccc1. The van der Waals surface area contributed by atoms with Crippen molar-refractivity contribution in [3.63, 3.8) is 0 Å². The fourth-order valence-electron chi connectivity index (χ4n) is 2.95. The molecule has 6 heteroatoms. The van der Waals surface area contributed by atoms with E-state index < -0.39 is 0 Å². The summed E-state index contributed by atoms with van der Waals surface area (Å²) in [5, 5.41) is 18.6. The average Bonchev–Trinajstić information content (AvgIpc) is 2.98. The first kappa shape index (κ1) is 17.0. The molecule has 1 saturated heterocycles. The average molecular weight is 341 g/mol. The van der Waals surface area contributed by atoms with Crippen molar-refractivity contribution in [2.45, 2.75) is 49.7 Å². The number of hydrogen-bond donors (Lipinski definition) is 0. The van der Waals surface area contributed by atoms with Crippen LogP contribution in [0.1, 0.15) is 37.6 Å². The Labute approximate surface area is 147 Å². The van der Waals surface area contributed by atoms with Crippen molar-refractivity contribution in [3.05, 3.63) is 41.7 Å². The molecule has 5 nitrogen and oxygen atoms in total. The molecule has 1 aromatic heterocycles. The molecule has 1 aromatic carbocycles. The van der Waals surface area contributed by atoms with E-state index in [1.54, 1.807) is 0 Å². The maximum Gasteiger partial charge on any atom is 0.192 e. The van der Waals surface area contributed by atoms with Crippen molar-refractivity contribution >= 4 is 11.8 Å². The van der Waals surface area contributed by atoms with Gasteiger partial charge >= 0.3 is 0 Å². The molecule has 0 amide bonds. The number of piperidine rings is 1. The highest BCUT2D eigenvalue weighted by molar-refractivity contribution is 8.00. The highest BCUT2D eigenvalue weighted by atomic mass is 32.2. The topological polar surface area (TPSA) is 57.7 Å². The van der Waals surface area contributed by atoms with Crippen molar-refractivity contribution in [2.24, 2.45) is 0 Å². The van der Waals surface area contributed by atoms with Gasteiger partial charge in [-0.05, 0) is 38.4 Å². The molecule has 0 aliphatic carbocycles. The maximum absolute atomic E-state index is 9.11. The van der Waals surface area contributed by atoms with Crippen molar-refractivity contribution in [1.82, 2.24) is 19.7 Å². The number of aromatic nitrogens is 3. The normalized spacial score (nSPS) is 16.7. The Hall–Kier alpha value is -1.84. The lowest BCUT2D eigenvalue weighted by atomic mass is 10.1. The molecule has 0 radical (unpaired) electrons. The zero-order valence-electron chi connectivity index (χ0n) is 14.1. The Morgan fingerprint density at radius 2 is 1.88 bits per heavy atom. The third-order valence-electron chi connectivity index (χ3n) is 4.25. The van der Waals surface area contributed by atoms with Crippen LogP contribution in [0.5, 0.6) is 0 Å². The maximum atomic E-state index is 9.11. The van der Waals surface area contributed by atoms with Crippen LogP contribution >= 0.6 is 11.8 Å². The summed E-state index contributed by atoms with van der Waals surface area (Å²) < 4.78 is 2.17. The number of thioether (sulfide) groups is 1.